The van der Waals surface area contributed by atoms with Crippen LogP contribution in [0.4, 0.5) is 5.82 Å². The first-order valence-electron chi connectivity index (χ1n) is 5.19. The Morgan fingerprint density at radius 1 is 1.17 bits per heavy atom. The fourth-order valence-electron chi connectivity index (χ4n) is 1.38. The molecular formula is C12H11ClN2O2S. The molecule has 2 aromatic rings. The number of halogens is 1. The predicted octanol–water partition coefficient (Wildman–Crippen LogP) is 2.84. The molecule has 0 saturated heterocycles. The molecule has 6 heteroatoms. The number of nitrogens with zero attached hydrogens (tertiary/aromatic N) is 1. The van der Waals surface area contributed by atoms with Crippen molar-refractivity contribution in [2.45, 2.75) is 11.8 Å². The Kier molecular flexibility index (Phi) is 3.54. The van der Waals surface area contributed by atoms with Gasteiger partial charge >= 0.3 is 0 Å². The lowest BCUT2D eigenvalue weighted by Crippen LogP contribution is -2.14. The number of hydrogen-bond donors (Lipinski definition) is 1. The Hall–Kier alpha value is -1.59. The standard InChI is InChI=1S/C12H11ClN2O2S/c1-9-6-7-12(14-8-9)15-18(16,17)11-5-3-2-4-10(11)13/h2-8H,1H3,(H,14,15). The first-order valence-corrected chi connectivity index (χ1v) is 7.05. The molecule has 1 aromatic carbocycles. The summed E-state index contributed by atoms with van der Waals surface area (Å²) < 4.78 is 26.5. The zero-order chi connectivity index (χ0) is 13.2. The Bertz CT molecular complexity index is 654. The molecule has 2 rings (SSSR count). The zero-order valence-electron chi connectivity index (χ0n) is 9.59. The SMILES string of the molecule is Cc1ccc(NS(=O)(=O)c2ccccc2Cl)nc1. The molecule has 0 unspecified atom stereocenters. The largest absolute Gasteiger partial charge is 0.264 e. The lowest BCUT2D eigenvalue weighted by Gasteiger charge is -2.08. The molecule has 1 heterocycles. The second-order valence-electron chi connectivity index (χ2n) is 3.76. The summed E-state index contributed by atoms with van der Waals surface area (Å²) in [6.45, 7) is 1.87. The van der Waals surface area contributed by atoms with Gasteiger partial charge < -0.3 is 0 Å². The highest BCUT2D eigenvalue weighted by atomic mass is 35.5. The maximum absolute atomic E-state index is 12.1. The second kappa shape index (κ2) is 4.96. The summed E-state index contributed by atoms with van der Waals surface area (Å²) in [6, 6.07) is 9.63. The summed E-state index contributed by atoms with van der Waals surface area (Å²) in [7, 11) is -3.70. The number of aryl methyl sites for hydroxylation is 1. The normalized spacial score (nSPS) is 11.2. The molecular weight excluding hydrogens is 272 g/mol. The van der Waals surface area contributed by atoms with Crippen molar-refractivity contribution >= 4 is 27.4 Å². The number of anilines is 1. The van der Waals surface area contributed by atoms with E-state index in [9.17, 15) is 8.42 Å². The monoisotopic (exact) mass is 282 g/mol. The summed E-state index contributed by atoms with van der Waals surface area (Å²) in [5.41, 5.74) is 0.954. The summed E-state index contributed by atoms with van der Waals surface area (Å²) in [4.78, 5) is 4.02. The summed E-state index contributed by atoms with van der Waals surface area (Å²) in [5.74, 6) is 0.264. The topological polar surface area (TPSA) is 59.1 Å². The van der Waals surface area contributed by atoms with E-state index in [1.54, 1.807) is 30.5 Å². The van der Waals surface area contributed by atoms with Gasteiger partial charge in [-0.3, -0.25) is 4.72 Å². The fourth-order valence-corrected chi connectivity index (χ4v) is 2.91. The van der Waals surface area contributed by atoms with Gasteiger partial charge in [0.05, 0.1) is 5.02 Å². The third-order valence-electron chi connectivity index (χ3n) is 2.28. The van der Waals surface area contributed by atoms with E-state index in [1.165, 1.54) is 12.1 Å². The maximum Gasteiger partial charge on any atom is 0.264 e. The number of sulfonamides is 1. The minimum Gasteiger partial charge on any atom is -0.263 e. The maximum atomic E-state index is 12.1. The minimum atomic E-state index is -3.70. The van der Waals surface area contributed by atoms with Crippen LogP contribution in [0.15, 0.2) is 47.5 Å². The van der Waals surface area contributed by atoms with Gasteiger partial charge in [0.15, 0.2) is 0 Å². The third-order valence-corrected chi connectivity index (χ3v) is 4.13. The highest BCUT2D eigenvalue weighted by Gasteiger charge is 2.17. The number of rotatable bonds is 3. The van der Waals surface area contributed by atoms with E-state index < -0.39 is 10.0 Å². The molecule has 0 saturated carbocycles. The average molecular weight is 283 g/mol. The first kappa shape index (κ1) is 12.9. The fraction of sp³-hybridized carbons (Fsp3) is 0.0833. The molecule has 0 fully saturated rings. The van der Waals surface area contributed by atoms with Gasteiger partial charge in [0.2, 0.25) is 0 Å². The lowest BCUT2D eigenvalue weighted by molar-refractivity contribution is 0.601. The summed E-state index contributed by atoms with van der Waals surface area (Å²) in [6.07, 6.45) is 1.59. The van der Waals surface area contributed by atoms with Gasteiger partial charge in [0, 0.05) is 6.20 Å². The molecule has 0 radical (unpaired) electrons. The molecule has 4 nitrogen and oxygen atoms in total. The molecule has 0 aliphatic rings. The summed E-state index contributed by atoms with van der Waals surface area (Å²) in [5, 5.41) is 0.178. The van der Waals surface area contributed by atoms with Crippen molar-refractivity contribution in [1.29, 1.82) is 0 Å². The quantitative estimate of drug-likeness (QED) is 0.942. The number of pyridine rings is 1. The van der Waals surface area contributed by atoms with Gasteiger partial charge in [0.1, 0.15) is 10.7 Å². The van der Waals surface area contributed by atoms with E-state index in [-0.39, 0.29) is 15.7 Å². The van der Waals surface area contributed by atoms with Gasteiger partial charge in [0.25, 0.3) is 10.0 Å². The van der Waals surface area contributed by atoms with Gasteiger partial charge in [-0.25, -0.2) is 13.4 Å². The number of benzene rings is 1. The van der Waals surface area contributed by atoms with Crippen molar-refractivity contribution in [2.24, 2.45) is 0 Å². The zero-order valence-corrected chi connectivity index (χ0v) is 11.2. The van der Waals surface area contributed by atoms with Gasteiger partial charge in [-0.05, 0) is 30.7 Å². The van der Waals surface area contributed by atoms with Crippen LogP contribution in [0.5, 0.6) is 0 Å². The molecule has 94 valence electrons. The Morgan fingerprint density at radius 2 is 1.89 bits per heavy atom. The molecule has 0 amide bonds. The van der Waals surface area contributed by atoms with Crippen LogP contribution in [0.1, 0.15) is 5.56 Å². The van der Waals surface area contributed by atoms with E-state index in [2.05, 4.69) is 9.71 Å². The molecule has 18 heavy (non-hydrogen) atoms. The molecule has 0 spiro atoms. The van der Waals surface area contributed by atoms with Crippen molar-refractivity contribution in [3.05, 3.63) is 53.2 Å². The predicted molar refractivity (Wildman–Crippen MR) is 71.2 cm³/mol. The third kappa shape index (κ3) is 2.80. The van der Waals surface area contributed by atoms with Crippen LogP contribution in [0.2, 0.25) is 5.02 Å². The lowest BCUT2D eigenvalue weighted by atomic mass is 10.3. The Morgan fingerprint density at radius 3 is 2.50 bits per heavy atom. The van der Waals surface area contributed by atoms with E-state index in [0.717, 1.165) is 5.56 Å². The van der Waals surface area contributed by atoms with Crippen molar-refractivity contribution in [3.63, 3.8) is 0 Å². The molecule has 0 aliphatic heterocycles. The first-order chi connectivity index (χ1) is 8.49. The van der Waals surface area contributed by atoms with Crippen LogP contribution in [0, 0.1) is 6.92 Å². The second-order valence-corrected chi connectivity index (χ2v) is 5.81. The molecule has 0 bridgehead atoms. The van der Waals surface area contributed by atoms with Crippen molar-refractivity contribution in [2.75, 3.05) is 4.72 Å². The summed E-state index contributed by atoms with van der Waals surface area (Å²) >= 11 is 5.86. The molecule has 1 N–H and O–H groups in total. The van der Waals surface area contributed by atoms with E-state index in [0.29, 0.717) is 0 Å². The van der Waals surface area contributed by atoms with E-state index >= 15 is 0 Å². The Balaban J connectivity index is 2.33. The van der Waals surface area contributed by atoms with Crippen LogP contribution in [0.25, 0.3) is 0 Å². The van der Waals surface area contributed by atoms with Crippen molar-refractivity contribution < 1.29 is 8.42 Å². The van der Waals surface area contributed by atoms with Gasteiger partial charge in [-0.2, -0.15) is 0 Å². The van der Waals surface area contributed by atoms with Gasteiger partial charge in [-0.1, -0.05) is 29.8 Å². The van der Waals surface area contributed by atoms with Crippen LogP contribution >= 0.6 is 11.6 Å². The van der Waals surface area contributed by atoms with Crippen molar-refractivity contribution in [3.8, 4) is 0 Å². The highest BCUT2D eigenvalue weighted by molar-refractivity contribution is 7.92. The molecule has 0 aliphatic carbocycles. The number of nitrogens with one attached hydrogen (secondary N) is 1. The highest BCUT2D eigenvalue weighted by Crippen LogP contribution is 2.22. The van der Waals surface area contributed by atoms with Crippen LogP contribution < -0.4 is 4.72 Å². The molecule has 1 aromatic heterocycles. The van der Waals surface area contributed by atoms with Crippen LogP contribution in [-0.2, 0) is 10.0 Å². The molecule has 0 atom stereocenters. The number of hydrogen-bond acceptors (Lipinski definition) is 3. The number of aromatic nitrogens is 1. The Labute approximate surface area is 111 Å². The van der Waals surface area contributed by atoms with E-state index in [1.807, 2.05) is 6.92 Å². The van der Waals surface area contributed by atoms with Crippen LogP contribution in [0.3, 0.4) is 0 Å². The average Bonchev–Trinajstić information content (AvgIpc) is 2.32. The van der Waals surface area contributed by atoms with Gasteiger partial charge in [-0.15, -0.1) is 0 Å². The van der Waals surface area contributed by atoms with Crippen LogP contribution in [-0.4, -0.2) is 13.4 Å². The van der Waals surface area contributed by atoms with Crippen molar-refractivity contribution in [1.82, 2.24) is 4.98 Å². The smallest absolute Gasteiger partial charge is 0.263 e. The van der Waals surface area contributed by atoms with E-state index in [4.69, 9.17) is 11.6 Å². The minimum absolute atomic E-state index is 0.0361.